The molecule has 1 N–H and O–H groups in total. The van der Waals surface area contributed by atoms with Gasteiger partial charge in [0, 0.05) is 6.04 Å². The highest BCUT2D eigenvalue weighted by atomic mass is 16.5. The largest absolute Gasteiger partial charge is 0.493 e. The Kier molecular flexibility index (Phi) is 4.46. The molecule has 1 aliphatic rings. The first-order valence-electron chi connectivity index (χ1n) is 8.47. The normalized spacial score (nSPS) is 16.1. The molecule has 0 heterocycles. The number of fused-ring (bicyclic) bond motifs is 3. The molecule has 2 aromatic carbocycles. The minimum atomic E-state index is -0.0658. The summed E-state index contributed by atoms with van der Waals surface area (Å²) in [5, 5.41) is 3.38. The second kappa shape index (κ2) is 6.40. The summed E-state index contributed by atoms with van der Waals surface area (Å²) in [6, 6.07) is 8.07. The Bertz CT molecular complexity index is 855. The lowest BCUT2D eigenvalue weighted by atomic mass is 9.88. The molecule has 0 amide bonds. The summed E-state index contributed by atoms with van der Waals surface area (Å²) in [6.07, 6.45) is 1.98. The van der Waals surface area contributed by atoms with Crippen molar-refractivity contribution in [3.63, 3.8) is 0 Å². The molecule has 0 unspecified atom stereocenters. The summed E-state index contributed by atoms with van der Waals surface area (Å²) in [4.78, 5) is 12.5. The number of nitrogens with one attached hydrogen (secondary N) is 1. The van der Waals surface area contributed by atoms with Gasteiger partial charge in [-0.05, 0) is 91.7 Å². The minimum absolute atomic E-state index is 0.0658. The molecule has 1 atom stereocenters. The van der Waals surface area contributed by atoms with Gasteiger partial charge in [0.15, 0.2) is 5.75 Å². The number of rotatable bonds is 2. The second-order valence-corrected chi connectivity index (χ2v) is 6.64. The topological polar surface area (TPSA) is 38.3 Å². The Morgan fingerprint density at radius 2 is 1.88 bits per heavy atom. The lowest BCUT2D eigenvalue weighted by Gasteiger charge is -2.17. The summed E-state index contributed by atoms with van der Waals surface area (Å²) >= 11 is 0. The van der Waals surface area contributed by atoms with Gasteiger partial charge in [0.25, 0.3) is 0 Å². The van der Waals surface area contributed by atoms with Gasteiger partial charge in [-0.25, -0.2) is 0 Å². The number of aryl methyl sites for hydroxylation is 2. The molecular formula is C21H25NO2. The number of ether oxygens (including phenoxy) is 1. The Balaban J connectivity index is 2.42. The molecule has 1 aliphatic carbocycles. The van der Waals surface area contributed by atoms with Crippen LogP contribution in [0.1, 0.15) is 40.3 Å². The van der Waals surface area contributed by atoms with Crippen LogP contribution in [0.15, 0.2) is 29.1 Å². The maximum atomic E-state index is 12.5. The number of benzene rings is 1. The Morgan fingerprint density at radius 1 is 1.12 bits per heavy atom. The van der Waals surface area contributed by atoms with Gasteiger partial charge in [0.05, 0.1) is 7.11 Å². The van der Waals surface area contributed by atoms with Gasteiger partial charge in [-0.15, -0.1) is 0 Å². The monoisotopic (exact) mass is 323 g/mol. The highest BCUT2D eigenvalue weighted by molar-refractivity contribution is 5.77. The maximum Gasteiger partial charge on any atom is 0.220 e. The van der Waals surface area contributed by atoms with E-state index in [0.29, 0.717) is 5.75 Å². The van der Waals surface area contributed by atoms with Crippen LogP contribution in [0.4, 0.5) is 0 Å². The van der Waals surface area contributed by atoms with Crippen LogP contribution in [-0.4, -0.2) is 14.2 Å². The molecule has 3 heteroatoms. The molecule has 0 fully saturated rings. The predicted molar refractivity (Wildman–Crippen MR) is 99.0 cm³/mol. The third-order valence-corrected chi connectivity index (χ3v) is 5.40. The zero-order valence-corrected chi connectivity index (χ0v) is 15.1. The third kappa shape index (κ3) is 2.63. The lowest BCUT2D eigenvalue weighted by Crippen LogP contribution is -2.17. The standard InChI is InChI=1S/C21H25NO2/c1-12-10-15-6-8-18(22-4)17-11-19(23)20(24-5)9-7-16(17)21(15)14(3)13(12)2/h7,9-11,18,22H,6,8H2,1-5H3/t18-/m0/s1. The molecule has 3 nitrogen and oxygen atoms in total. The molecule has 126 valence electrons. The smallest absolute Gasteiger partial charge is 0.220 e. The van der Waals surface area contributed by atoms with E-state index in [9.17, 15) is 4.79 Å². The van der Waals surface area contributed by atoms with E-state index in [2.05, 4.69) is 32.2 Å². The summed E-state index contributed by atoms with van der Waals surface area (Å²) in [7, 11) is 3.51. The van der Waals surface area contributed by atoms with E-state index in [1.165, 1.54) is 27.8 Å². The van der Waals surface area contributed by atoms with Gasteiger partial charge in [-0.1, -0.05) is 12.1 Å². The van der Waals surface area contributed by atoms with Gasteiger partial charge in [-0.2, -0.15) is 0 Å². The van der Waals surface area contributed by atoms with Gasteiger partial charge in [0.1, 0.15) is 0 Å². The van der Waals surface area contributed by atoms with E-state index >= 15 is 0 Å². The zero-order chi connectivity index (χ0) is 17.4. The van der Waals surface area contributed by atoms with Crippen LogP contribution in [0.3, 0.4) is 0 Å². The summed E-state index contributed by atoms with van der Waals surface area (Å²) < 4.78 is 5.25. The summed E-state index contributed by atoms with van der Waals surface area (Å²) in [5.74, 6) is 0.390. The fourth-order valence-corrected chi connectivity index (χ4v) is 3.81. The van der Waals surface area contributed by atoms with Crippen molar-refractivity contribution in [2.75, 3.05) is 14.2 Å². The first-order chi connectivity index (χ1) is 11.5. The fourth-order valence-electron chi connectivity index (χ4n) is 3.81. The SMILES string of the molecule is CN[C@H]1CCc2cc(C)c(C)c(C)c2-c2ccc(OC)c(=O)cc21. The van der Waals surface area contributed by atoms with Crippen molar-refractivity contribution in [1.29, 1.82) is 0 Å². The van der Waals surface area contributed by atoms with Crippen molar-refractivity contribution in [1.82, 2.24) is 5.32 Å². The van der Waals surface area contributed by atoms with Crippen LogP contribution in [0.5, 0.6) is 5.75 Å². The molecule has 24 heavy (non-hydrogen) atoms. The zero-order valence-electron chi connectivity index (χ0n) is 15.1. The Morgan fingerprint density at radius 3 is 2.54 bits per heavy atom. The van der Waals surface area contributed by atoms with E-state index in [4.69, 9.17) is 4.74 Å². The summed E-state index contributed by atoms with van der Waals surface area (Å²) in [6.45, 7) is 6.54. The highest BCUT2D eigenvalue weighted by Gasteiger charge is 2.24. The highest BCUT2D eigenvalue weighted by Crippen LogP contribution is 2.40. The van der Waals surface area contributed by atoms with E-state index in [0.717, 1.165) is 24.0 Å². The fraction of sp³-hybridized carbons (Fsp3) is 0.381. The van der Waals surface area contributed by atoms with E-state index < -0.39 is 0 Å². The van der Waals surface area contributed by atoms with Crippen LogP contribution in [0.25, 0.3) is 11.1 Å². The molecule has 0 aliphatic heterocycles. The van der Waals surface area contributed by atoms with E-state index in [1.807, 2.05) is 13.1 Å². The Labute approximate surface area is 143 Å². The van der Waals surface area contributed by atoms with Crippen molar-refractivity contribution in [2.45, 2.75) is 39.7 Å². The number of methoxy groups -OCH3 is 1. The molecule has 2 aromatic rings. The van der Waals surface area contributed by atoms with Gasteiger partial charge < -0.3 is 10.1 Å². The average Bonchev–Trinajstić information content (AvgIpc) is 2.81. The van der Waals surface area contributed by atoms with Crippen molar-refractivity contribution >= 4 is 0 Å². The van der Waals surface area contributed by atoms with Crippen LogP contribution < -0.4 is 15.5 Å². The Hall–Kier alpha value is -2.13. The predicted octanol–water partition coefficient (Wildman–Crippen LogP) is 3.85. The summed E-state index contributed by atoms with van der Waals surface area (Å²) in [5.41, 5.74) is 8.75. The average molecular weight is 323 g/mol. The van der Waals surface area contributed by atoms with E-state index in [-0.39, 0.29) is 11.5 Å². The van der Waals surface area contributed by atoms with Crippen LogP contribution in [0, 0.1) is 20.8 Å². The first-order valence-corrected chi connectivity index (χ1v) is 8.47. The van der Waals surface area contributed by atoms with Gasteiger partial charge in [-0.3, -0.25) is 4.79 Å². The molecule has 0 saturated carbocycles. The number of hydrogen-bond acceptors (Lipinski definition) is 3. The third-order valence-electron chi connectivity index (χ3n) is 5.40. The van der Waals surface area contributed by atoms with E-state index in [1.54, 1.807) is 19.2 Å². The maximum absolute atomic E-state index is 12.5. The second-order valence-electron chi connectivity index (χ2n) is 6.64. The minimum Gasteiger partial charge on any atom is -0.493 e. The van der Waals surface area contributed by atoms with Crippen molar-refractivity contribution in [2.24, 2.45) is 0 Å². The number of hydrogen-bond donors (Lipinski definition) is 1. The van der Waals surface area contributed by atoms with Crippen LogP contribution in [0.2, 0.25) is 0 Å². The van der Waals surface area contributed by atoms with Crippen LogP contribution in [-0.2, 0) is 6.42 Å². The van der Waals surface area contributed by atoms with Gasteiger partial charge in [0.2, 0.25) is 5.43 Å². The molecule has 0 saturated heterocycles. The first kappa shape index (κ1) is 16.7. The van der Waals surface area contributed by atoms with Crippen molar-refractivity contribution in [3.05, 3.63) is 62.3 Å². The molecular weight excluding hydrogens is 298 g/mol. The van der Waals surface area contributed by atoms with Gasteiger partial charge >= 0.3 is 0 Å². The molecule has 0 spiro atoms. The van der Waals surface area contributed by atoms with Crippen LogP contribution >= 0.6 is 0 Å². The molecule has 3 rings (SSSR count). The quantitative estimate of drug-likeness (QED) is 0.912. The molecule has 0 radical (unpaired) electrons. The molecule has 0 bridgehead atoms. The van der Waals surface area contributed by atoms with Crippen molar-refractivity contribution in [3.8, 4) is 16.9 Å². The van der Waals surface area contributed by atoms with Crippen molar-refractivity contribution < 1.29 is 4.74 Å². The lowest BCUT2D eigenvalue weighted by molar-refractivity contribution is 0.411. The molecule has 0 aromatic heterocycles.